The summed E-state index contributed by atoms with van der Waals surface area (Å²) in [6.07, 6.45) is 1.87. The fraction of sp³-hybridized carbons (Fsp3) is 0.143. The number of benzene rings is 3. The molecule has 0 atom stereocenters. The number of hydrogen-bond acceptors (Lipinski definition) is 3. The summed E-state index contributed by atoms with van der Waals surface area (Å²) >= 11 is 0. The van der Waals surface area contributed by atoms with Crippen LogP contribution in [0.2, 0.25) is 0 Å². The number of para-hydroxylation sites is 3. The summed E-state index contributed by atoms with van der Waals surface area (Å²) in [7, 11) is 1.96. The van der Waals surface area contributed by atoms with Crippen molar-refractivity contribution in [2.45, 2.75) is 19.8 Å². The Labute approximate surface area is 208 Å². The second-order valence-corrected chi connectivity index (χ2v) is 7.91. The molecule has 0 aliphatic heterocycles. The van der Waals surface area contributed by atoms with E-state index in [-0.39, 0.29) is 25.9 Å². The minimum atomic E-state index is 0. The molecular weight excluding hydrogens is 587 g/mol. The molecule has 0 fully saturated rings. The van der Waals surface area contributed by atoms with E-state index in [0.29, 0.717) is 5.92 Å². The van der Waals surface area contributed by atoms with Crippen molar-refractivity contribution in [3.05, 3.63) is 103 Å². The second kappa shape index (κ2) is 11.0. The smallest absolute Gasteiger partial charge is 0.144 e. The summed E-state index contributed by atoms with van der Waals surface area (Å²) < 4.78 is 1.99. The van der Waals surface area contributed by atoms with Crippen LogP contribution in [0.3, 0.4) is 0 Å². The van der Waals surface area contributed by atoms with Gasteiger partial charge in [0.25, 0.3) is 0 Å². The van der Waals surface area contributed by atoms with Gasteiger partial charge in [-0.05, 0) is 41.9 Å². The van der Waals surface area contributed by atoms with Crippen molar-refractivity contribution in [1.82, 2.24) is 14.5 Å². The van der Waals surface area contributed by atoms with Gasteiger partial charge in [0.05, 0.1) is 16.6 Å². The predicted molar refractivity (Wildman–Crippen MR) is 130 cm³/mol. The molecule has 0 saturated heterocycles. The van der Waals surface area contributed by atoms with Gasteiger partial charge in [-0.1, -0.05) is 49.7 Å². The maximum atomic E-state index is 9.86. The van der Waals surface area contributed by atoms with Crippen LogP contribution in [0.1, 0.15) is 25.3 Å². The first-order chi connectivity index (χ1) is 15.5. The summed E-state index contributed by atoms with van der Waals surface area (Å²) in [5, 5.41) is 9.86. The van der Waals surface area contributed by atoms with Gasteiger partial charge < -0.3 is 14.7 Å². The molecule has 4 nitrogen and oxygen atoms in total. The fourth-order valence-electron chi connectivity index (χ4n) is 3.56. The van der Waals surface area contributed by atoms with Crippen LogP contribution < -0.4 is 0 Å². The molecule has 1 radical (unpaired) electrons. The number of imidazole rings is 1. The first-order valence-electron chi connectivity index (χ1n) is 10.7. The van der Waals surface area contributed by atoms with Crippen LogP contribution in [0.5, 0.6) is 5.75 Å². The molecule has 0 amide bonds. The van der Waals surface area contributed by atoms with Crippen molar-refractivity contribution in [2.24, 2.45) is 7.05 Å². The molecule has 5 heteroatoms. The van der Waals surface area contributed by atoms with E-state index in [1.54, 1.807) is 6.07 Å². The predicted octanol–water partition coefficient (Wildman–Crippen LogP) is 6.62. The van der Waals surface area contributed by atoms with E-state index in [9.17, 15) is 5.11 Å². The summed E-state index contributed by atoms with van der Waals surface area (Å²) in [6, 6.07) is 30.5. The van der Waals surface area contributed by atoms with E-state index < -0.39 is 0 Å². The van der Waals surface area contributed by atoms with Crippen LogP contribution >= 0.6 is 0 Å². The summed E-state index contributed by atoms with van der Waals surface area (Å²) in [5.74, 6) is 1.57. The van der Waals surface area contributed by atoms with Crippen molar-refractivity contribution < 1.29 is 25.2 Å². The standard InChI is InChI=1S/C14H12N2O.C14H14N.Ir/c1-16-12-8-4-3-7-11(12)15-14(16)10-6-2-5-9-13(10)17;1-11(2)13-8-9-15-14(10-13)12-6-4-3-5-7-12;/h2-9,17H,1H3;3-6,8-11H,1-2H3;/q;-1;. The van der Waals surface area contributed by atoms with Crippen molar-refractivity contribution in [1.29, 1.82) is 0 Å². The monoisotopic (exact) mass is 613 g/mol. The zero-order valence-corrected chi connectivity index (χ0v) is 21.3. The Morgan fingerprint density at radius 1 is 0.909 bits per heavy atom. The van der Waals surface area contributed by atoms with E-state index in [1.165, 1.54) is 5.56 Å². The third-order valence-corrected chi connectivity index (χ3v) is 5.37. The molecule has 33 heavy (non-hydrogen) atoms. The summed E-state index contributed by atoms with van der Waals surface area (Å²) in [4.78, 5) is 8.91. The average molecular weight is 613 g/mol. The number of hydrogen-bond donors (Lipinski definition) is 1. The first-order valence-corrected chi connectivity index (χ1v) is 10.7. The molecule has 0 aliphatic rings. The Morgan fingerprint density at radius 2 is 1.64 bits per heavy atom. The van der Waals surface area contributed by atoms with Crippen LogP contribution in [-0.4, -0.2) is 19.6 Å². The Hall–Kier alpha value is -3.27. The molecule has 0 aliphatic carbocycles. The Bertz CT molecular complexity index is 1330. The molecule has 2 aromatic heterocycles. The van der Waals surface area contributed by atoms with Gasteiger partial charge in [-0.3, -0.25) is 0 Å². The second-order valence-electron chi connectivity index (χ2n) is 7.91. The van der Waals surface area contributed by atoms with Crippen molar-refractivity contribution in [3.8, 4) is 28.4 Å². The number of nitrogens with zero attached hydrogens (tertiary/aromatic N) is 3. The van der Waals surface area contributed by atoms with Gasteiger partial charge >= 0.3 is 0 Å². The van der Waals surface area contributed by atoms with Gasteiger partial charge in [0, 0.05) is 33.3 Å². The topological polar surface area (TPSA) is 50.9 Å². The molecule has 0 spiro atoms. The van der Waals surface area contributed by atoms with Crippen molar-refractivity contribution >= 4 is 11.0 Å². The van der Waals surface area contributed by atoms with Gasteiger partial charge in [0.15, 0.2) is 0 Å². The number of aromatic nitrogens is 3. The zero-order chi connectivity index (χ0) is 22.5. The molecule has 1 N–H and O–H groups in total. The number of rotatable bonds is 3. The van der Waals surface area contributed by atoms with Crippen LogP contribution in [0.25, 0.3) is 33.7 Å². The van der Waals surface area contributed by atoms with Gasteiger partial charge in [0.1, 0.15) is 11.6 Å². The molecule has 0 saturated carbocycles. The van der Waals surface area contributed by atoms with E-state index in [0.717, 1.165) is 33.7 Å². The van der Waals surface area contributed by atoms with E-state index in [4.69, 9.17) is 0 Å². The molecular formula is C28H26IrN3O-. The van der Waals surface area contributed by atoms with Crippen molar-refractivity contribution in [2.75, 3.05) is 0 Å². The number of aryl methyl sites for hydroxylation is 1. The number of phenols is 1. The minimum absolute atomic E-state index is 0. The first kappa shape index (κ1) is 24.4. The Balaban J connectivity index is 0.000000182. The summed E-state index contributed by atoms with van der Waals surface area (Å²) in [5.41, 5.74) is 6.13. The maximum absolute atomic E-state index is 9.86. The Kier molecular flexibility index (Phi) is 8.15. The molecule has 0 unspecified atom stereocenters. The fourth-order valence-corrected chi connectivity index (χ4v) is 3.56. The van der Waals surface area contributed by atoms with Gasteiger partial charge in [-0.15, -0.1) is 35.9 Å². The third-order valence-electron chi connectivity index (χ3n) is 5.37. The van der Waals surface area contributed by atoms with Crippen molar-refractivity contribution in [3.63, 3.8) is 0 Å². The third kappa shape index (κ3) is 5.57. The zero-order valence-electron chi connectivity index (χ0n) is 18.9. The van der Waals surface area contributed by atoms with Crippen LogP contribution in [0, 0.1) is 6.07 Å². The quantitative estimate of drug-likeness (QED) is 0.233. The van der Waals surface area contributed by atoms with E-state index in [2.05, 4.69) is 42.0 Å². The van der Waals surface area contributed by atoms with Gasteiger partial charge in [-0.2, -0.15) is 0 Å². The van der Waals surface area contributed by atoms with Crippen LogP contribution in [0.4, 0.5) is 0 Å². The summed E-state index contributed by atoms with van der Waals surface area (Å²) in [6.45, 7) is 4.38. The SMILES string of the molecule is CC(C)c1ccnc(-c2[c-]cccc2)c1.Cn1c(-c2ccccc2O)nc2ccccc21.[Ir]. The number of aromatic hydroxyl groups is 1. The van der Waals surface area contributed by atoms with E-state index in [1.807, 2.05) is 84.5 Å². The minimum Gasteiger partial charge on any atom is -0.507 e. The Morgan fingerprint density at radius 3 is 2.33 bits per heavy atom. The largest absolute Gasteiger partial charge is 0.507 e. The number of phenolic OH excluding ortho intramolecular Hbond substituents is 1. The average Bonchev–Trinajstić information content (AvgIpc) is 3.17. The van der Waals surface area contributed by atoms with Gasteiger partial charge in [-0.25, -0.2) is 4.98 Å². The molecule has 5 aromatic rings. The number of fused-ring (bicyclic) bond motifs is 1. The van der Waals surface area contributed by atoms with Crippen LogP contribution in [-0.2, 0) is 27.2 Å². The molecule has 169 valence electrons. The van der Waals surface area contributed by atoms with E-state index >= 15 is 0 Å². The molecule has 5 rings (SSSR count). The molecule has 2 heterocycles. The number of pyridine rings is 1. The molecule has 3 aromatic carbocycles. The van der Waals surface area contributed by atoms with Crippen LogP contribution in [0.15, 0.2) is 91.1 Å². The normalized spacial score (nSPS) is 10.4. The maximum Gasteiger partial charge on any atom is 0.144 e. The van der Waals surface area contributed by atoms with Gasteiger partial charge in [0.2, 0.25) is 0 Å². The molecule has 0 bridgehead atoms.